The molecule has 0 radical (unpaired) electrons. The van der Waals surface area contributed by atoms with Crippen molar-refractivity contribution < 1.29 is 15.2 Å². The number of anilines is 1. The monoisotopic (exact) mass is 685 g/mol. The average Bonchev–Trinajstić information content (AvgIpc) is 2.92. The summed E-state index contributed by atoms with van der Waals surface area (Å²) in [5, 5.41) is 1.07. The van der Waals surface area contributed by atoms with Gasteiger partial charge in [0.05, 0.1) is 0 Å². The average molecular weight is 687 g/mol. The Labute approximate surface area is 259 Å². The zero-order chi connectivity index (χ0) is 28.0. The molecule has 0 amide bonds. The molecule has 1 aromatic carbocycles. The first-order chi connectivity index (χ1) is 19.8. The van der Waals surface area contributed by atoms with E-state index in [1.54, 1.807) is 0 Å². The molecule has 5 heteroatoms. The zero-order valence-corrected chi connectivity index (χ0v) is 28.5. The summed E-state index contributed by atoms with van der Waals surface area (Å²) in [7, 11) is 8.67. The number of para-hydroxylation sites is 1. The third-order valence-electron chi connectivity index (χ3n) is 13.5. The van der Waals surface area contributed by atoms with Gasteiger partial charge >= 0.3 is 260 Å². The van der Waals surface area contributed by atoms with E-state index in [2.05, 4.69) is 49.4 Å². The van der Waals surface area contributed by atoms with Crippen molar-refractivity contribution in [2.75, 3.05) is 11.9 Å². The molecule has 8 fully saturated rings. The van der Waals surface area contributed by atoms with Crippen molar-refractivity contribution in [3.8, 4) is 0 Å². The second kappa shape index (κ2) is 10.2. The Balaban J connectivity index is 1.34. The van der Waals surface area contributed by atoms with Crippen LogP contribution < -0.4 is 11.5 Å². The molecule has 8 saturated carbocycles. The summed E-state index contributed by atoms with van der Waals surface area (Å²) in [6.45, 7) is 2.44. The molecule has 1 unspecified atom stereocenters. The van der Waals surface area contributed by atoms with Gasteiger partial charge in [0.15, 0.2) is 0 Å². The topological polar surface area (TPSA) is 52.0 Å². The molecule has 10 rings (SSSR count). The standard InChI is InChI=1S/C24H39P.C12H13N2.ClH.Pd/c1-2-3-4-25(23-11-17-5-18(12-23)7-19(6-17)13-23)24-14-20-8-21(15-24)10-22(9-20)16-24;13-11-7-3-1-5-9(11)10-6-2-4-8-12(10)14;;/h17-22H,2-16H2,1H3;1-7H,8,13-14H2;1H;. The van der Waals surface area contributed by atoms with Gasteiger partial charge in [0, 0.05) is 0 Å². The zero-order valence-electron chi connectivity index (χ0n) is 25.2. The number of allylic oxidation sites excluding steroid dienone is 2. The van der Waals surface area contributed by atoms with Crippen LogP contribution in [0, 0.1) is 35.5 Å². The van der Waals surface area contributed by atoms with Crippen molar-refractivity contribution in [2.24, 2.45) is 41.2 Å². The van der Waals surface area contributed by atoms with E-state index >= 15 is 0 Å². The fourth-order valence-corrected chi connectivity index (χ4v) is 41.8. The number of halogens is 1. The second-order valence-electron chi connectivity index (χ2n) is 16.1. The Morgan fingerprint density at radius 3 is 1.78 bits per heavy atom. The molecule has 2 nitrogen and oxygen atoms in total. The summed E-state index contributed by atoms with van der Waals surface area (Å²) in [4.78, 5) is 0. The molecule has 0 heterocycles. The molecular formula is C36H53ClN2PPd. The summed E-state index contributed by atoms with van der Waals surface area (Å²) in [5.41, 5.74) is 15.9. The van der Waals surface area contributed by atoms with Gasteiger partial charge in [-0.3, -0.25) is 0 Å². The van der Waals surface area contributed by atoms with Crippen LogP contribution in [0.25, 0.3) is 5.57 Å². The van der Waals surface area contributed by atoms with Crippen LogP contribution in [0.3, 0.4) is 0 Å². The summed E-state index contributed by atoms with van der Waals surface area (Å²) in [5.74, 6) is 5.82. The number of rotatable bonds is 8. The molecule has 41 heavy (non-hydrogen) atoms. The Bertz CT molecular complexity index is 1140. The molecular weight excluding hydrogens is 633 g/mol. The van der Waals surface area contributed by atoms with E-state index < -0.39 is 24.7 Å². The van der Waals surface area contributed by atoms with Crippen LogP contribution in [-0.2, 0) is 15.2 Å². The number of benzene rings is 1. The summed E-state index contributed by atoms with van der Waals surface area (Å²) >= 11 is -1.70. The van der Waals surface area contributed by atoms with Crippen LogP contribution in [0.5, 0.6) is 0 Å². The molecule has 229 valence electrons. The molecule has 0 aromatic heterocycles. The molecule has 0 aliphatic heterocycles. The third kappa shape index (κ3) is 4.11. The molecule has 9 aliphatic carbocycles. The van der Waals surface area contributed by atoms with E-state index in [-0.39, 0.29) is 0 Å². The predicted octanol–water partition coefficient (Wildman–Crippen LogP) is 9.44. The minimum absolute atomic E-state index is 0.440. The Hall–Kier alpha value is -0.158. The fourth-order valence-electron chi connectivity index (χ4n) is 13.1. The van der Waals surface area contributed by atoms with Gasteiger partial charge in [0.25, 0.3) is 0 Å². The van der Waals surface area contributed by atoms with Crippen molar-refractivity contribution in [3.63, 3.8) is 0 Å². The minimum atomic E-state index is -2.13. The summed E-state index contributed by atoms with van der Waals surface area (Å²) in [6, 6.07) is 8.50. The number of nitrogens with two attached hydrogens (primary N) is 2. The summed E-state index contributed by atoms with van der Waals surface area (Å²) in [6.07, 6.45) is 30.2. The first kappa shape index (κ1) is 28.3. The quantitative estimate of drug-likeness (QED) is 0.163. The predicted molar refractivity (Wildman–Crippen MR) is 175 cm³/mol. The summed E-state index contributed by atoms with van der Waals surface area (Å²) < 4.78 is -0.440. The van der Waals surface area contributed by atoms with Crippen LogP contribution in [0.15, 0.2) is 42.5 Å². The Morgan fingerprint density at radius 1 is 0.829 bits per heavy atom. The number of hydrogen-bond donors (Lipinski definition) is 2. The van der Waals surface area contributed by atoms with Crippen LogP contribution in [0.4, 0.5) is 5.69 Å². The van der Waals surface area contributed by atoms with E-state index in [0.29, 0.717) is 10.3 Å². The van der Waals surface area contributed by atoms with E-state index in [4.69, 9.17) is 21.0 Å². The van der Waals surface area contributed by atoms with Crippen molar-refractivity contribution in [3.05, 3.63) is 48.1 Å². The van der Waals surface area contributed by atoms with Crippen molar-refractivity contribution in [1.82, 2.24) is 0 Å². The molecule has 4 N–H and O–H groups in total. The molecule has 1 aromatic rings. The van der Waals surface area contributed by atoms with Crippen LogP contribution in [0.1, 0.15) is 109 Å². The first-order valence-electron chi connectivity index (χ1n) is 17.1. The van der Waals surface area contributed by atoms with Crippen molar-refractivity contribution in [1.29, 1.82) is 0 Å². The molecule has 1 atom stereocenters. The van der Waals surface area contributed by atoms with Crippen molar-refractivity contribution in [2.45, 2.75) is 118 Å². The fraction of sp³-hybridized carbons (Fsp3) is 0.722. The van der Waals surface area contributed by atoms with Crippen LogP contribution in [0.2, 0.25) is 0 Å². The van der Waals surface area contributed by atoms with Gasteiger partial charge in [-0.2, -0.15) is 0 Å². The Kier molecular flexibility index (Phi) is 7.03. The van der Waals surface area contributed by atoms with Gasteiger partial charge in [-0.05, 0) is 0 Å². The van der Waals surface area contributed by atoms with E-state index in [0.717, 1.165) is 53.2 Å². The van der Waals surface area contributed by atoms with Crippen LogP contribution >= 0.6 is 15.0 Å². The maximum absolute atomic E-state index is 8.67. The van der Waals surface area contributed by atoms with Gasteiger partial charge in [-0.1, -0.05) is 0 Å². The van der Waals surface area contributed by atoms with Gasteiger partial charge < -0.3 is 0 Å². The SMILES string of the molecule is CCCC[PH]([Pd]([Cl])[C]1(N)CC=CC=C1c1ccccc1N)(C12CC3CC(CC(C3)C1)C2)C12CC3CC(CC(C3)C1)C2. The van der Waals surface area contributed by atoms with Gasteiger partial charge in [-0.15, -0.1) is 0 Å². The first-order valence-corrected chi connectivity index (χ1v) is 24.2. The third-order valence-corrected chi connectivity index (χ3v) is 37.6. The molecule has 9 aliphatic rings. The van der Waals surface area contributed by atoms with E-state index in [9.17, 15) is 0 Å². The second-order valence-corrected chi connectivity index (χ2v) is 31.0. The molecule has 0 saturated heterocycles. The van der Waals surface area contributed by atoms with Crippen LogP contribution in [-0.4, -0.2) is 20.5 Å². The van der Waals surface area contributed by atoms with E-state index in [1.807, 2.05) is 0 Å². The number of unbranched alkanes of at least 4 members (excludes halogenated alkanes) is 1. The van der Waals surface area contributed by atoms with E-state index in [1.165, 1.54) is 102 Å². The normalized spacial score (nSPS) is 44.8. The number of hydrogen-bond acceptors (Lipinski definition) is 2. The van der Waals surface area contributed by atoms with Gasteiger partial charge in [0.2, 0.25) is 0 Å². The van der Waals surface area contributed by atoms with Gasteiger partial charge in [0.1, 0.15) is 0 Å². The number of nitrogen functional groups attached to an aromatic ring is 1. The van der Waals surface area contributed by atoms with Gasteiger partial charge in [-0.25, -0.2) is 0 Å². The van der Waals surface area contributed by atoms with Crippen molar-refractivity contribution >= 4 is 26.2 Å². The molecule has 8 bridgehead atoms. The Morgan fingerprint density at radius 2 is 1.32 bits per heavy atom. The maximum atomic E-state index is 8.67. The molecule has 0 spiro atoms.